The summed E-state index contributed by atoms with van der Waals surface area (Å²) in [7, 11) is 1.71. The summed E-state index contributed by atoms with van der Waals surface area (Å²) in [6.07, 6.45) is 4.65. The van der Waals surface area contributed by atoms with E-state index in [0.29, 0.717) is 24.8 Å². The lowest BCUT2D eigenvalue weighted by Gasteiger charge is -2.35. The van der Waals surface area contributed by atoms with Crippen LogP contribution in [0.25, 0.3) is 0 Å². The minimum atomic E-state index is -0.482. The SMILES string of the molecule is COc1cc(CN2C[C@H]3C[C@H](O)[C@@H](NC(=O)CCn4cnnc4)C[C@H]3C2)ccc1C. The van der Waals surface area contributed by atoms with Gasteiger partial charge in [-0.25, -0.2) is 0 Å². The molecule has 8 heteroatoms. The number of aliphatic hydroxyl groups excluding tert-OH is 1. The average molecular weight is 414 g/mol. The summed E-state index contributed by atoms with van der Waals surface area (Å²) in [4.78, 5) is 14.8. The Morgan fingerprint density at radius 2 is 1.97 bits per heavy atom. The minimum Gasteiger partial charge on any atom is -0.496 e. The van der Waals surface area contributed by atoms with Crippen LogP contribution in [0.4, 0.5) is 0 Å². The van der Waals surface area contributed by atoms with Crippen molar-refractivity contribution in [3.63, 3.8) is 0 Å². The second-order valence-electron chi connectivity index (χ2n) is 8.68. The smallest absolute Gasteiger partial charge is 0.222 e. The van der Waals surface area contributed by atoms with Gasteiger partial charge in [-0.05, 0) is 48.8 Å². The van der Waals surface area contributed by atoms with Crippen LogP contribution in [-0.4, -0.2) is 63.0 Å². The molecule has 4 rings (SSSR count). The molecule has 0 radical (unpaired) electrons. The number of aryl methyl sites for hydroxylation is 2. The van der Waals surface area contributed by atoms with E-state index in [1.165, 1.54) is 5.56 Å². The maximum atomic E-state index is 12.3. The van der Waals surface area contributed by atoms with E-state index in [0.717, 1.165) is 43.8 Å². The van der Waals surface area contributed by atoms with E-state index < -0.39 is 6.10 Å². The van der Waals surface area contributed by atoms with Gasteiger partial charge in [0.1, 0.15) is 18.4 Å². The molecule has 1 aliphatic carbocycles. The molecule has 4 atom stereocenters. The Bertz CT molecular complexity index is 856. The molecule has 2 fully saturated rings. The van der Waals surface area contributed by atoms with E-state index in [9.17, 15) is 9.90 Å². The molecule has 162 valence electrons. The monoisotopic (exact) mass is 413 g/mol. The first-order chi connectivity index (χ1) is 14.5. The van der Waals surface area contributed by atoms with Crippen LogP contribution in [0.15, 0.2) is 30.9 Å². The van der Waals surface area contributed by atoms with Crippen LogP contribution in [0.1, 0.15) is 30.4 Å². The van der Waals surface area contributed by atoms with Crippen LogP contribution in [0.2, 0.25) is 0 Å². The Labute approximate surface area is 177 Å². The molecule has 1 amide bonds. The summed E-state index contributed by atoms with van der Waals surface area (Å²) in [5.74, 6) is 1.88. The van der Waals surface area contributed by atoms with E-state index in [1.807, 2.05) is 0 Å². The number of aromatic nitrogens is 3. The lowest BCUT2D eigenvalue weighted by Crippen LogP contribution is -2.49. The fourth-order valence-corrected chi connectivity index (χ4v) is 4.88. The van der Waals surface area contributed by atoms with Crippen molar-refractivity contribution in [2.75, 3.05) is 20.2 Å². The highest BCUT2D eigenvalue weighted by Crippen LogP contribution is 2.37. The van der Waals surface area contributed by atoms with Crippen molar-refractivity contribution < 1.29 is 14.6 Å². The van der Waals surface area contributed by atoms with E-state index in [-0.39, 0.29) is 11.9 Å². The second-order valence-corrected chi connectivity index (χ2v) is 8.68. The molecular weight excluding hydrogens is 382 g/mol. The van der Waals surface area contributed by atoms with Crippen molar-refractivity contribution in [1.29, 1.82) is 0 Å². The molecule has 30 heavy (non-hydrogen) atoms. The van der Waals surface area contributed by atoms with Crippen LogP contribution in [-0.2, 0) is 17.9 Å². The fraction of sp³-hybridized carbons (Fsp3) is 0.591. The van der Waals surface area contributed by atoms with E-state index >= 15 is 0 Å². The van der Waals surface area contributed by atoms with Crippen LogP contribution < -0.4 is 10.1 Å². The molecule has 1 saturated carbocycles. The summed E-state index contributed by atoms with van der Waals surface area (Å²) >= 11 is 0. The Hall–Kier alpha value is -2.45. The van der Waals surface area contributed by atoms with E-state index in [1.54, 1.807) is 24.3 Å². The number of amides is 1. The number of likely N-dealkylation sites (tertiary alicyclic amines) is 1. The number of fused-ring (bicyclic) bond motifs is 1. The number of nitrogens with zero attached hydrogens (tertiary/aromatic N) is 4. The molecule has 8 nitrogen and oxygen atoms in total. The van der Waals surface area contributed by atoms with Crippen molar-refractivity contribution in [2.24, 2.45) is 11.8 Å². The number of carbonyl (C=O) groups is 1. The van der Waals surface area contributed by atoms with Gasteiger partial charge in [0, 0.05) is 32.6 Å². The van der Waals surface area contributed by atoms with Gasteiger partial charge in [0.2, 0.25) is 5.91 Å². The lowest BCUT2D eigenvalue weighted by molar-refractivity contribution is -0.123. The number of nitrogens with one attached hydrogen (secondary N) is 1. The van der Waals surface area contributed by atoms with Crippen LogP contribution >= 0.6 is 0 Å². The molecule has 0 spiro atoms. The van der Waals surface area contributed by atoms with Crippen molar-refractivity contribution in [2.45, 2.75) is 51.4 Å². The van der Waals surface area contributed by atoms with Crippen LogP contribution in [0, 0.1) is 18.8 Å². The molecule has 1 saturated heterocycles. The molecule has 2 aromatic rings. The Morgan fingerprint density at radius 1 is 1.23 bits per heavy atom. The van der Waals surface area contributed by atoms with Crippen molar-refractivity contribution in [1.82, 2.24) is 25.0 Å². The normalized spacial score (nSPS) is 26.4. The number of hydrogen-bond acceptors (Lipinski definition) is 6. The zero-order valence-electron chi connectivity index (χ0n) is 17.7. The predicted octanol–water partition coefficient (Wildman–Crippen LogP) is 1.37. The van der Waals surface area contributed by atoms with Gasteiger partial charge in [0.25, 0.3) is 0 Å². The summed E-state index contributed by atoms with van der Waals surface area (Å²) in [6, 6.07) is 6.21. The number of carbonyl (C=O) groups excluding carboxylic acids is 1. The van der Waals surface area contributed by atoms with Crippen molar-refractivity contribution in [3.05, 3.63) is 42.0 Å². The summed E-state index contributed by atoms with van der Waals surface area (Å²) in [5, 5.41) is 21.2. The molecule has 0 bridgehead atoms. The highest BCUT2D eigenvalue weighted by molar-refractivity contribution is 5.76. The van der Waals surface area contributed by atoms with Gasteiger partial charge >= 0.3 is 0 Å². The van der Waals surface area contributed by atoms with Crippen molar-refractivity contribution in [3.8, 4) is 5.75 Å². The average Bonchev–Trinajstić information content (AvgIpc) is 3.37. The molecule has 1 aliphatic heterocycles. The Kier molecular flexibility index (Phi) is 6.34. The first-order valence-electron chi connectivity index (χ1n) is 10.7. The Balaban J connectivity index is 1.29. The van der Waals surface area contributed by atoms with Gasteiger partial charge in [0.15, 0.2) is 0 Å². The van der Waals surface area contributed by atoms with Gasteiger partial charge in [-0.1, -0.05) is 12.1 Å². The molecule has 0 unspecified atom stereocenters. The number of rotatable bonds is 7. The third-order valence-electron chi connectivity index (χ3n) is 6.51. The number of ether oxygens (including phenoxy) is 1. The quantitative estimate of drug-likeness (QED) is 0.712. The third-order valence-corrected chi connectivity index (χ3v) is 6.51. The zero-order valence-corrected chi connectivity index (χ0v) is 17.7. The lowest BCUT2D eigenvalue weighted by atomic mass is 9.77. The standard InChI is InChI=1S/C22H31N5O3/c1-15-3-4-16(7-21(15)30-2)10-27-11-17-8-19(20(28)9-18(17)12-27)25-22(29)5-6-26-13-23-24-14-26/h3-4,7,13-14,17-20,28H,5-6,8-12H2,1-2H3,(H,25,29)/t17-,18+,19-,20-/m0/s1. The molecule has 2 N–H and O–H groups in total. The maximum Gasteiger partial charge on any atom is 0.222 e. The number of hydrogen-bond donors (Lipinski definition) is 2. The maximum absolute atomic E-state index is 12.3. The highest BCUT2D eigenvalue weighted by Gasteiger charge is 2.42. The van der Waals surface area contributed by atoms with Crippen LogP contribution in [0.3, 0.4) is 0 Å². The third kappa shape index (κ3) is 4.82. The molecule has 2 heterocycles. The summed E-state index contributed by atoms with van der Waals surface area (Å²) in [5.41, 5.74) is 2.39. The van der Waals surface area contributed by atoms with Gasteiger partial charge in [-0.2, -0.15) is 0 Å². The highest BCUT2D eigenvalue weighted by atomic mass is 16.5. The van der Waals surface area contributed by atoms with E-state index in [2.05, 4.69) is 45.5 Å². The molecule has 2 aliphatic rings. The fourth-order valence-electron chi connectivity index (χ4n) is 4.88. The summed E-state index contributed by atoms with van der Waals surface area (Å²) < 4.78 is 7.23. The first-order valence-corrected chi connectivity index (χ1v) is 10.7. The second kappa shape index (κ2) is 9.14. The van der Waals surface area contributed by atoms with Crippen LogP contribution in [0.5, 0.6) is 5.75 Å². The first kappa shape index (κ1) is 20.8. The van der Waals surface area contributed by atoms with Gasteiger partial charge < -0.3 is 19.7 Å². The molecule has 1 aromatic carbocycles. The Morgan fingerprint density at radius 3 is 2.70 bits per heavy atom. The number of methoxy groups -OCH3 is 1. The molecular formula is C22H31N5O3. The van der Waals surface area contributed by atoms with Gasteiger partial charge in [-0.15, -0.1) is 10.2 Å². The number of benzene rings is 1. The van der Waals surface area contributed by atoms with Gasteiger partial charge in [0.05, 0.1) is 19.3 Å². The predicted molar refractivity (Wildman–Crippen MR) is 112 cm³/mol. The zero-order chi connectivity index (χ0) is 21.1. The van der Waals surface area contributed by atoms with E-state index in [4.69, 9.17) is 4.74 Å². The minimum absolute atomic E-state index is 0.0344. The van der Waals surface area contributed by atoms with Gasteiger partial charge in [-0.3, -0.25) is 9.69 Å². The van der Waals surface area contributed by atoms with Crippen molar-refractivity contribution >= 4 is 5.91 Å². The molecule has 1 aromatic heterocycles. The topological polar surface area (TPSA) is 92.5 Å². The largest absolute Gasteiger partial charge is 0.496 e. The number of aliphatic hydroxyl groups is 1. The summed E-state index contributed by atoms with van der Waals surface area (Å²) in [6.45, 7) is 5.47.